The molecule has 0 saturated carbocycles. The molecule has 1 rings (SSSR count). The van der Waals surface area contributed by atoms with E-state index in [4.69, 9.17) is 0 Å². The zero-order chi connectivity index (χ0) is 6.36. The molecule has 1 aliphatic heterocycles. The molecule has 0 unspecified atom stereocenters. The van der Waals surface area contributed by atoms with Gasteiger partial charge >= 0.3 is 0 Å². The van der Waals surface area contributed by atoms with Crippen LogP contribution in [-0.4, -0.2) is 39.3 Å². The van der Waals surface area contributed by atoms with Crippen molar-refractivity contribution in [1.29, 1.82) is 0 Å². The summed E-state index contributed by atoms with van der Waals surface area (Å²) in [6.45, 7) is 6.59. The number of rotatable bonds is 0. The highest BCUT2D eigenvalue weighted by Gasteiger charge is 1.91. The molecule has 1 heterocycles. The van der Waals surface area contributed by atoms with Gasteiger partial charge in [-0.05, 0) is 0 Å². The summed E-state index contributed by atoms with van der Waals surface area (Å²) in [4.78, 5) is 0. The minimum atomic E-state index is 0. The number of hydrogen-bond donors (Lipinski definition) is 4. The molecule has 1 fully saturated rings. The van der Waals surface area contributed by atoms with Gasteiger partial charge in [0, 0.05) is 39.3 Å². The molecule has 1 aliphatic rings. The Bertz CT molecular complexity index is 38.2. The first-order chi connectivity index (χ1) is 4.50. The third kappa shape index (κ3) is 4.69. The van der Waals surface area contributed by atoms with Crippen molar-refractivity contribution in [3.05, 3.63) is 0 Å². The molecule has 4 heteroatoms. The Morgan fingerprint density at radius 2 is 0.700 bits per heavy atom. The third-order valence-electron chi connectivity index (χ3n) is 1.44. The van der Waals surface area contributed by atoms with Gasteiger partial charge < -0.3 is 22.1 Å². The quantitative estimate of drug-likeness (QED) is 0.351. The average molecular weight is 146 g/mol. The van der Waals surface area contributed by atoms with Crippen molar-refractivity contribution in [2.24, 2.45) is 0 Å². The first-order valence-corrected chi connectivity index (χ1v) is 3.62. The Labute approximate surface area is 62.3 Å². The number of nitrogens with one attached hydrogen (secondary N) is 3. The second kappa shape index (κ2) is 6.95. The first kappa shape index (κ1) is 9.84. The Kier molecular flexibility index (Phi) is 6.84. The standard InChI is InChI=1S/C6H15N3.H3N/c1-2-8-5-6-9-4-3-7-1;/h7-9H,1-6H2;1H3. The number of hydrogen-bond acceptors (Lipinski definition) is 4. The summed E-state index contributed by atoms with van der Waals surface area (Å²) in [5.41, 5.74) is 0. The highest BCUT2D eigenvalue weighted by atomic mass is 15.0. The largest absolute Gasteiger partial charge is 0.344 e. The summed E-state index contributed by atoms with van der Waals surface area (Å²) in [5, 5.41) is 9.91. The summed E-state index contributed by atoms with van der Waals surface area (Å²) in [5.74, 6) is 0. The predicted octanol–water partition coefficient (Wildman–Crippen LogP) is -1.07. The van der Waals surface area contributed by atoms with Gasteiger partial charge in [0.05, 0.1) is 0 Å². The van der Waals surface area contributed by atoms with Crippen molar-refractivity contribution < 1.29 is 0 Å². The second-order valence-electron chi connectivity index (χ2n) is 2.25. The molecule has 0 radical (unpaired) electrons. The highest BCUT2D eigenvalue weighted by molar-refractivity contribution is 4.59. The van der Waals surface area contributed by atoms with Crippen LogP contribution < -0.4 is 22.1 Å². The van der Waals surface area contributed by atoms with Crippen molar-refractivity contribution in [3.63, 3.8) is 0 Å². The zero-order valence-electron chi connectivity index (χ0n) is 6.45. The van der Waals surface area contributed by atoms with Gasteiger partial charge in [0.25, 0.3) is 0 Å². The molecule has 0 aromatic carbocycles. The Morgan fingerprint density at radius 1 is 0.500 bits per heavy atom. The molecule has 0 aliphatic carbocycles. The second-order valence-corrected chi connectivity index (χ2v) is 2.25. The van der Waals surface area contributed by atoms with Crippen molar-refractivity contribution in [2.45, 2.75) is 0 Å². The molecule has 1 saturated heterocycles. The van der Waals surface area contributed by atoms with Gasteiger partial charge in [0.2, 0.25) is 0 Å². The van der Waals surface area contributed by atoms with Gasteiger partial charge in [-0.1, -0.05) is 0 Å². The lowest BCUT2D eigenvalue weighted by molar-refractivity contribution is 0.652. The van der Waals surface area contributed by atoms with E-state index < -0.39 is 0 Å². The van der Waals surface area contributed by atoms with Crippen molar-refractivity contribution in [3.8, 4) is 0 Å². The van der Waals surface area contributed by atoms with Crippen LogP contribution in [0.15, 0.2) is 0 Å². The van der Waals surface area contributed by atoms with Crippen LogP contribution >= 0.6 is 0 Å². The van der Waals surface area contributed by atoms with Crippen LogP contribution in [0.3, 0.4) is 0 Å². The maximum Gasteiger partial charge on any atom is 0.00772 e. The maximum absolute atomic E-state index is 3.30. The van der Waals surface area contributed by atoms with E-state index in [9.17, 15) is 0 Å². The minimum Gasteiger partial charge on any atom is -0.344 e. The van der Waals surface area contributed by atoms with Crippen LogP contribution in [0, 0.1) is 0 Å². The lowest BCUT2D eigenvalue weighted by Crippen LogP contribution is -2.27. The average Bonchev–Trinajstić information content (AvgIpc) is 2.00. The minimum absolute atomic E-state index is 0. The summed E-state index contributed by atoms with van der Waals surface area (Å²) >= 11 is 0. The Morgan fingerprint density at radius 3 is 0.900 bits per heavy atom. The monoisotopic (exact) mass is 146 g/mol. The van der Waals surface area contributed by atoms with E-state index in [1.165, 1.54) is 0 Å². The van der Waals surface area contributed by atoms with Crippen molar-refractivity contribution in [1.82, 2.24) is 22.1 Å². The van der Waals surface area contributed by atoms with E-state index >= 15 is 0 Å². The van der Waals surface area contributed by atoms with E-state index in [2.05, 4.69) is 16.0 Å². The molecule has 6 N–H and O–H groups in total. The topological polar surface area (TPSA) is 71.1 Å². The fourth-order valence-corrected chi connectivity index (χ4v) is 0.905. The van der Waals surface area contributed by atoms with E-state index in [-0.39, 0.29) is 6.15 Å². The molecule has 0 aromatic rings. The van der Waals surface area contributed by atoms with Crippen molar-refractivity contribution in [2.75, 3.05) is 39.3 Å². The summed E-state index contributed by atoms with van der Waals surface area (Å²) in [6.07, 6.45) is 0. The normalized spacial score (nSPS) is 21.6. The van der Waals surface area contributed by atoms with Gasteiger partial charge in [-0.25, -0.2) is 0 Å². The summed E-state index contributed by atoms with van der Waals surface area (Å²) in [7, 11) is 0. The Balaban J connectivity index is 0.000000810. The van der Waals surface area contributed by atoms with E-state index in [1.54, 1.807) is 0 Å². The molecule has 10 heavy (non-hydrogen) atoms. The lowest BCUT2D eigenvalue weighted by atomic mass is 10.6. The predicted molar refractivity (Wildman–Crippen MR) is 43.6 cm³/mol. The van der Waals surface area contributed by atoms with E-state index in [0.717, 1.165) is 39.3 Å². The smallest absolute Gasteiger partial charge is 0.00772 e. The molecule has 4 nitrogen and oxygen atoms in total. The SMILES string of the molecule is C1CNCCNCCN1.N. The molecule has 0 atom stereocenters. The molecular formula is C6H18N4. The first-order valence-electron chi connectivity index (χ1n) is 3.62. The molecule has 0 aromatic heterocycles. The van der Waals surface area contributed by atoms with Gasteiger partial charge in [-0.15, -0.1) is 0 Å². The summed E-state index contributed by atoms with van der Waals surface area (Å²) < 4.78 is 0. The fourth-order valence-electron chi connectivity index (χ4n) is 0.905. The summed E-state index contributed by atoms with van der Waals surface area (Å²) in [6, 6.07) is 0. The van der Waals surface area contributed by atoms with Gasteiger partial charge in [0.1, 0.15) is 0 Å². The third-order valence-corrected chi connectivity index (χ3v) is 1.44. The van der Waals surface area contributed by atoms with Crippen molar-refractivity contribution >= 4 is 0 Å². The van der Waals surface area contributed by atoms with Crippen LogP contribution in [0.4, 0.5) is 0 Å². The Hall–Kier alpha value is -0.160. The highest BCUT2D eigenvalue weighted by Crippen LogP contribution is 1.65. The van der Waals surface area contributed by atoms with Gasteiger partial charge in [0.15, 0.2) is 0 Å². The molecule has 0 spiro atoms. The molecule has 0 amide bonds. The van der Waals surface area contributed by atoms with Crippen LogP contribution in [0.1, 0.15) is 0 Å². The fraction of sp³-hybridized carbons (Fsp3) is 1.00. The van der Waals surface area contributed by atoms with Gasteiger partial charge in [-0.2, -0.15) is 0 Å². The van der Waals surface area contributed by atoms with Crippen LogP contribution in [0.2, 0.25) is 0 Å². The van der Waals surface area contributed by atoms with E-state index in [1.807, 2.05) is 0 Å². The van der Waals surface area contributed by atoms with Crippen LogP contribution in [0.25, 0.3) is 0 Å². The molecule has 0 bridgehead atoms. The zero-order valence-corrected chi connectivity index (χ0v) is 6.45. The van der Waals surface area contributed by atoms with E-state index in [0.29, 0.717) is 0 Å². The van der Waals surface area contributed by atoms with Gasteiger partial charge in [-0.3, -0.25) is 0 Å². The molecular weight excluding hydrogens is 128 g/mol. The molecule has 62 valence electrons. The van der Waals surface area contributed by atoms with Crippen LogP contribution in [0.5, 0.6) is 0 Å². The maximum atomic E-state index is 3.30. The lowest BCUT2D eigenvalue weighted by Gasteiger charge is -1.99. The van der Waals surface area contributed by atoms with Crippen LogP contribution in [-0.2, 0) is 0 Å².